The van der Waals surface area contributed by atoms with Crippen molar-refractivity contribution in [1.29, 1.82) is 0 Å². The summed E-state index contributed by atoms with van der Waals surface area (Å²) in [7, 11) is 0. The molecule has 0 radical (unpaired) electrons. The molecule has 0 bridgehead atoms. The summed E-state index contributed by atoms with van der Waals surface area (Å²) < 4.78 is 0. The van der Waals surface area contributed by atoms with E-state index in [-0.39, 0.29) is 29.1 Å². The number of benzene rings is 1. The number of carboxylic acids is 1. The molecule has 1 aromatic carbocycles. The van der Waals surface area contributed by atoms with Crippen molar-refractivity contribution in [1.82, 2.24) is 15.2 Å². The van der Waals surface area contributed by atoms with Crippen molar-refractivity contribution in [2.24, 2.45) is 0 Å². The number of rotatable bonds is 6. The number of carboxylic acid groups (broad SMARTS) is 1. The predicted octanol–water partition coefficient (Wildman–Crippen LogP) is 2.13. The Kier molecular flexibility index (Phi) is 6.37. The molecule has 1 aromatic heterocycles. The van der Waals surface area contributed by atoms with Crippen molar-refractivity contribution in [2.45, 2.75) is 31.7 Å². The van der Waals surface area contributed by atoms with E-state index in [0.29, 0.717) is 32.4 Å². The Morgan fingerprint density at radius 2 is 1.82 bits per heavy atom. The van der Waals surface area contributed by atoms with Gasteiger partial charge in [-0.05, 0) is 37.0 Å². The minimum atomic E-state index is -1.17. The summed E-state index contributed by atoms with van der Waals surface area (Å²) in [6, 6.07) is 12.6. The van der Waals surface area contributed by atoms with Gasteiger partial charge in [-0.1, -0.05) is 30.3 Å². The molecule has 2 N–H and O–H groups in total. The van der Waals surface area contributed by atoms with Crippen molar-refractivity contribution in [3.05, 3.63) is 65.5 Å². The van der Waals surface area contributed by atoms with Crippen LogP contribution in [0.2, 0.25) is 0 Å². The molecule has 2 amide bonds. The third-order valence-corrected chi connectivity index (χ3v) is 4.89. The van der Waals surface area contributed by atoms with Gasteiger partial charge in [0.15, 0.2) is 0 Å². The molecule has 1 aliphatic heterocycles. The average Bonchev–Trinajstić information content (AvgIpc) is 2.73. The number of aromatic nitrogens is 1. The summed E-state index contributed by atoms with van der Waals surface area (Å²) in [6.45, 7) is 1.21. The molecule has 146 valence electrons. The van der Waals surface area contributed by atoms with Crippen LogP contribution in [-0.2, 0) is 11.2 Å². The lowest BCUT2D eigenvalue weighted by atomic mass is 10.0. The molecule has 0 spiro atoms. The predicted molar refractivity (Wildman–Crippen MR) is 103 cm³/mol. The van der Waals surface area contributed by atoms with Gasteiger partial charge in [0.2, 0.25) is 5.91 Å². The standard InChI is InChI=1S/C21H23N3O4/c25-19(7-6-15-4-2-1-3-5-15)24-12-9-17(10-13-24)23-20(26)16-8-11-22-18(14-16)21(27)28/h1-5,8,11,14,17H,6-7,9-10,12-13H2,(H,23,26)(H,27,28). The van der Waals surface area contributed by atoms with Gasteiger partial charge in [-0.2, -0.15) is 0 Å². The van der Waals surface area contributed by atoms with Crippen LogP contribution in [0, 0.1) is 0 Å². The maximum atomic E-state index is 12.4. The number of amides is 2. The fraction of sp³-hybridized carbons (Fsp3) is 0.333. The number of nitrogens with one attached hydrogen (secondary N) is 1. The van der Waals surface area contributed by atoms with E-state index in [1.54, 1.807) is 0 Å². The average molecular weight is 381 g/mol. The van der Waals surface area contributed by atoms with E-state index >= 15 is 0 Å². The summed E-state index contributed by atoms with van der Waals surface area (Å²) in [5.41, 5.74) is 1.26. The number of hydrogen-bond acceptors (Lipinski definition) is 4. The molecule has 0 unspecified atom stereocenters. The second-order valence-corrected chi connectivity index (χ2v) is 6.85. The molecule has 1 saturated heterocycles. The van der Waals surface area contributed by atoms with Gasteiger partial charge in [0, 0.05) is 37.3 Å². The van der Waals surface area contributed by atoms with Crippen LogP contribution in [0.15, 0.2) is 48.7 Å². The minimum Gasteiger partial charge on any atom is -0.477 e. The topological polar surface area (TPSA) is 99.6 Å². The van der Waals surface area contributed by atoms with E-state index in [1.165, 1.54) is 18.3 Å². The molecule has 0 saturated carbocycles. The van der Waals surface area contributed by atoms with Crippen LogP contribution in [0.4, 0.5) is 0 Å². The lowest BCUT2D eigenvalue weighted by Crippen LogP contribution is -2.46. The van der Waals surface area contributed by atoms with E-state index < -0.39 is 5.97 Å². The maximum absolute atomic E-state index is 12.4. The van der Waals surface area contributed by atoms with Gasteiger partial charge in [-0.15, -0.1) is 0 Å². The smallest absolute Gasteiger partial charge is 0.354 e. The van der Waals surface area contributed by atoms with Crippen LogP contribution in [0.5, 0.6) is 0 Å². The third-order valence-electron chi connectivity index (χ3n) is 4.89. The highest BCUT2D eigenvalue weighted by molar-refractivity contribution is 5.96. The zero-order valence-electron chi connectivity index (χ0n) is 15.5. The molecule has 28 heavy (non-hydrogen) atoms. The van der Waals surface area contributed by atoms with Crippen molar-refractivity contribution >= 4 is 17.8 Å². The van der Waals surface area contributed by atoms with Gasteiger partial charge in [-0.25, -0.2) is 9.78 Å². The first-order valence-electron chi connectivity index (χ1n) is 9.35. The van der Waals surface area contributed by atoms with Gasteiger partial charge in [0.05, 0.1) is 0 Å². The van der Waals surface area contributed by atoms with Gasteiger partial charge in [0.25, 0.3) is 5.91 Å². The molecule has 3 rings (SSSR count). The summed E-state index contributed by atoms with van der Waals surface area (Å²) >= 11 is 0. The highest BCUT2D eigenvalue weighted by atomic mass is 16.4. The van der Waals surface area contributed by atoms with Crippen molar-refractivity contribution in [3.63, 3.8) is 0 Å². The van der Waals surface area contributed by atoms with E-state index in [2.05, 4.69) is 10.3 Å². The van der Waals surface area contributed by atoms with Crippen LogP contribution in [0.1, 0.15) is 45.7 Å². The Morgan fingerprint density at radius 3 is 2.50 bits per heavy atom. The SMILES string of the molecule is O=C(NC1CCN(C(=O)CCc2ccccc2)CC1)c1ccnc(C(=O)O)c1. The molecule has 1 fully saturated rings. The minimum absolute atomic E-state index is 0.0351. The maximum Gasteiger partial charge on any atom is 0.354 e. The van der Waals surface area contributed by atoms with Crippen LogP contribution < -0.4 is 5.32 Å². The van der Waals surface area contributed by atoms with Crippen molar-refractivity contribution in [3.8, 4) is 0 Å². The van der Waals surface area contributed by atoms with Gasteiger partial charge < -0.3 is 15.3 Å². The molecular weight excluding hydrogens is 358 g/mol. The first kappa shape index (κ1) is 19.5. The fourth-order valence-electron chi connectivity index (χ4n) is 3.28. The summed E-state index contributed by atoms with van der Waals surface area (Å²) in [6.07, 6.45) is 3.88. The zero-order valence-corrected chi connectivity index (χ0v) is 15.5. The summed E-state index contributed by atoms with van der Waals surface area (Å²) in [4.78, 5) is 41.3. The van der Waals surface area contributed by atoms with Crippen molar-refractivity contribution < 1.29 is 19.5 Å². The largest absolute Gasteiger partial charge is 0.477 e. The number of pyridine rings is 1. The third kappa shape index (κ3) is 5.16. The van der Waals surface area contributed by atoms with Crippen LogP contribution in [0.25, 0.3) is 0 Å². The van der Waals surface area contributed by atoms with E-state index in [9.17, 15) is 14.4 Å². The number of likely N-dealkylation sites (tertiary alicyclic amines) is 1. The number of hydrogen-bond donors (Lipinski definition) is 2. The Hall–Kier alpha value is -3.22. The quantitative estimate of drug-likeness (QED) is 0.799. The fourth-order valence-corrected chi connectivity index (χ4v) is 3.28. The molecule has 2 heterocycles. The monoisotopic (exact) mass is 381 g/mol. The Balaban J connectivity index is 1.46. The Labute approximate surface area is 163 Å². The molecule has 1 aliphatic rings. The zero-order chi connectivity index (χ0) is 19.9. The summed E-state index contributed by atoms with van der Waals surface area (Å²) in [5.74, 6) is -1.36. The second kappa shape index (κ2) is 9.12. The molecule has 0 aliphatic carbocycles. The number of carbonyl (C=O) groups is 3. The number of carbonyl (C=O) groups excluding carboxylic acids is 2. The molecule has 2 aromatic rings. The number of aromatic carboxylic acids is 1. The lowest BCUT2D eigenvalue weighted by Gasteiger charge is -2.32. The van der Waals surface area contributed by atoms with Gasteiger partial charge in [0.1, 0.15) is 5.69 Å². The molecule has 7 nitrogen and oxygen atoms in total. The van der Waals surface area contributed by atoms with E-state index in [4.69, 9.17) is 5.11 Å². The molecule has 7 heteroatoms. The highest BCUT2D eigenvalue weighted by Crippen LogP contribution is 2.14. The van der Waals surface area contributed by atoms with Crippen LogP contribution in [0.3, 0.4) is 0 Å². The van der Waals surface area contributed by atoms with Gasteiger partial charge in [-0.3, -0.25) is 9.59 Å². The van der Waals surface area contributed by atoms with E-state index in [0.717, 1.165) is 12.0 Å². The second-order valence-electron chi connectivity index (χ2n) is 6.85. The summed E-state index contributed by atoms with van der Waals surface area (Å²) in [5, 5.41) is 11.9. The lowest BCUT2D eigenvalue weighted by molar-refractivity contribution is -0.132. The van der Waals surface area contributed by atoms with E-state index in [1.807, 2.05) is 35.2 Å². The number of piperidine rings is 1. The Bertz CT molecular complexity index is 846. The molecular formula is C21H23N3O4. The van der Waals surface area contributed by atoms with Crippen LogP contribution >= 0.6 is 0 Å². The van der Waals surface area contributed by atoms with Crippen LogP contribution in [-0.4, -0.2) is 51.9 Å². The highest BCUT2D eigenvalue weighted by Gasteiger charge is 2.24. The molecule has 0 atom stereocenters. The number of aryl methyl sites for hydroxylation is 1. The first-order chi connectivity index (χ1) is 13.5. The number of nitrogens with zero attached hydrogens (tertiary/aromatic N) is 2. The normalized spacial score (nSPS) is 14.5. The van der Waals surface area contributed by atoms with Gasteiger partial charge >= 0.3 is 5.97 Å². The van der Waals surface area contributed by atoms with Crippen molar-refractivity contribution in [2.75, 3.05) is 13.1 Å². The first-order valence-corrected chi connectivity index (χ1v) is 9.35. The Morgan fingerprint density at radius 1 is 1.11 bits per heavy atom.